The normalized spacial score (nSPS) is 2.57. The van der Waals surface area contributed by atoms with Gasteiger partial charge in [0.05, 0.1) is 0 Å². The molecule has 0 unspecified atom stereocenters. The van der Waals surface area contributed by atoms with Crippen LogP contribution >= 0.6 is 0 Å². The summed E-state index contributed by atoms with van der Waals surface area (Å²) in [5.41, 5.74) is 0. The van der Waals surface area contributed by atoms with Crippen molar-refractivity contribution in [2.75, 3.05) is 0 Å². The van der Waals surface area contributed by atoms with Crippen molar-refractivity contribution in [3.8, 4) is 0 Å². The second-order valence-electron chi connectivity index (χ2n) is 0. The first-order valence-corrected chi connectivity index (χ1v) is 3.00. The van der Waals surface area contributed by atoms with Gasteiger partial charge in [0.15, 0.2) is 0 Å². The van der Waals surface area contributed by atoms with E-state index in [9.17, 15) is 0 Å². The topological polar surface area (TPSA) is 0 Å². The molecule has 0 saturated heterocycles. The Kier molecular flexibility index (Phi) is 33800. The molecule has 0 aliphatic carbocycles. The van der Waals surface area contributed by atoms with Gasteiger partial charge in [0.25, 0.3) is 0 Å². The van der Waals surface area contributed by atoms with E-state index in [4.69, 9.17) is 0 Å². The van der Waals surface area contributed by atoms with Gasteiger partial charge < -0.3 is 0 Å². The lowest BCUT2D eigenvalue weighted by atomic mass is 11.0. The van der Waals surface area contributed by atoms with E-state index in [1.165, 1.54) is 0 Å². The summed E-state index contributed by atoms with van der Waals surface area (Å²) >= 11 is 0. The molecule has 0 heterocycles. The molecule has 0 bridgehead atoms. The Morgan fingerprint density at radius 3 is 0.429 bits per heavy atom. The minimum Gasteiger partial charge on any atom is -0.0683 e. The summed E-state index contributed by atoms with van der Waals surface area (Å²) in [5, 5.41) is 0. The van der Waals surface area contributed by atoms with Gasteiger partial charge in [0.1, 0.15) is 0 Å². The fourth-order valence-corrected chi connectivity index (χ4v) is 0. The maximum atomic E-state index is 2.00. The molecule has 0 atom stereocenters. The monoisotopic (exact) mass is 105 g/mol. The highest BCUT2D eigenvalue weighted by atomic mass is 13.0. The van der Waals surface area contributed by atoms with Gasteiger partial charge in [0, 0.05) is 7.43 Å². The van der Waals surface area contributed by atoms with Crippen molar-refractivity contribution in [2.24, 2.45) is 0 Å². The Balaban J connectivity index is -0.00000000900. The summed E-state index contributed by atoms with van der Waals surface area (Å²) in [7, 11) is 0. The smallest absolute Gasteiger partial charge is 0.0467 e. The van der Waals surface area contributed by atoms with Gasteiger partial charge in [-0.05, 0) is 0 Å². The van der Waals surface area contributed by atoms with Crippen molar-refractivity contribution in [3.05, 3.63) is 7.43 Å². The molecule has 0 aromatic rings. The van der Waals surface area contributed by atoms with Crippen LogP contribution in [0.15, 0.2) is 0 Å². The number of hydrogen-bond acceptors (Lipinski definition) is 0. The molecular weight excluding hydrogens is 84.1 g/mol. The molecule has 0 aliphatic heterocycles. The van der Waals surface area contributed by atoms with Gasteiger partial charge in [-0.2, -0.15) is 0 Å². The van der Waals surface area contributed by atoms with Gasteiger partial charge in [-0.1, -0.05) is 41.5 Å². The summed E-state index contributed by atoms with van der Waals surface area (Å²) in [6.45, 7) is 12.0. The van der Waals surface area contributed by atoms with Crippen molar-refractivity contribution in [3.63, 3.8) is 0 Å². The second kappa shape index (κ2) is 8240. The molecule has 0 nitrogen and oxygen atoms in total. The van der Waals surface area contributed by atoms with E-state index < -0.39 is 0 Å². The molecule has 0 aliphatic rings. The van der Waals surface area contributed by atoms with Crippen LogP contribution in [0.2, 0.25) is 0 Å². The molecule has 0 rings (SSSR count). The number of rotatable bonds is 0. The fourth-order valence-electron chi connectivity index (χ4n) is 0. The predicted molar refractivity (Wildman–Crippen MR) is 40.5 cm³/mol. The maximum Gasteiger partial charge on any atom is 0.0467 e. The van der Waals surface area contributed by atoms with E-state index in [0.717, 1.165) is 0 Å². The van der Waals surface area contributed by atoms with E-state index in [0.29, 0.717) is 0 Å². The molecule has 0 aromatic carbocycles. The third-order valence-corrected chi connectivity index (χ3v) is 0. The van der Waals surface area contributed by atoms with Crippen molar-refractivity contribution in [2.45, 2.75) is 41.5 Å². The molecule has 0 N–H and O–H groups in total. The zero-order valence-electron chi connectivity index (χ0n) is 7.00. The standard InChI is InChI=1S/3C2H6.CH3/c3*1-2;/h3*1-2H3;1H3/q;;;+1. The lowest BCUT2D eigenvalue weighted by Gasteiger charge is -1.07. The molecule has 7 heavy (non-hydrogen) atoms. The summed E-state index contributed by atoms with van der Waals surface area (Å²) in [4.78, 5) is 0. The number of hydrogen-bond donors (Lipinski definition) is 0. The van der Waals surface area contributed by atoms with E-state index >= 15 is 0 Å². The quantitative estimate of drug-likeness (QED) is 0.413. The van der Waals surface area contributed by atoms with Crippen molar-refractivity contribution >= 4 is 0 Å². The van der Waals surface area contributed by atoms with Crippen LogP contribution in [-0.4, -0.2) is 0 Å². The van der Waals surface area contributed by atoms with E-state index in [1.54, 1.807) is 0 Å². The average Bonchev–Trinajstić information content (AvgIpc) is 1.81. The van der Waals surface area contributed by atoms with Crippen molar-refractivity contribution in [1.82, 2.24) is 0 Å². The predicted octanol–water partition coefficient (Wildman–Crippen LogP) is 3.53. The summed E-state index contributed by atoms with van der Waals surface area (Å²) in [6, 6.07) is 0. The molecule has 0 fully saturated rings. The van der Waals surface area contributed by atoms with E-state index in [2.05, 4.69) is 0 Å². The van der Waals surface area contributed by atoms with Crippen LogP contribution in [0, 0.1) is 7.43 Å². The Bertz CT molecular complexity index is 0. The molecule has 0 aromatic heterocycles. The molecule has 48 valence electrons. The maximum absolute atomic E-state index is 2.00. The van der Waals surface area contributed by atoms with E-state index in [1.807, 2.05) is 41.5 Å². The third kappa shape index (κ3) is 5200. The molecule has 0 heteroatoms. The molecule has 0 radical (unpaired) electrons. The Morgan fingerprint density at radius 1 is 0.429 bits per heavy atom. The van der Waals surface area contributed by atoms with Crippen molar-refractivity contribution < 1.29 is 0 Å². The largest absolute Gasteiger partial charge is 0.0683 e. The van der Waals surface area contributed by atoms with Crippen LogP contribution in [0.1, 0.15) is 41.5 Å². The SMILES string of the molecule is CC.CC.CC.[CH3+]. The first kappa shape index (κ1) is 28.7. The highest BCUT2D eigenvalue weighted by molar-refractivity contribution is 3.51. The van der Waals surface area contributed by atoms with E-state index in [-0.39, 0.29) is 7.43 Å². The van der Waals surface area contributed by atoms with Crippen LogP contribution in [0.25, 0.3) is 0 Å². The second-order valence-corrected chi connectivity index (χ2v) is 0. The molecular formula is C7H21+. The molecule has 0 saturated carbocycles. The Morgan fingerprint density at radius 2 is 0.429 bits per heavy atom. The highest BCUT2D eigenvalue weighted by Crippen LogP contribution is 1.15. The van der Waals surface area contributed by atoms with Crippen LogP contribution in [0.5, 0.6) is 0 Å². The third-order valence-electron chi connectivity index (χ3n) is 0. The molecule has 0 spiro atoms. The zero-order chi connectivity index (χ0) is 6.00. The lowest BCUT2D eigenvalue weighted by molar-refractivity contribution is 1.50. The highest BCUT2D eigenvalue weighted by Gasteiger charge is 0.936. The first-order valence-electron chi connectivity index (χ1n) is 3.00. The first-order chi connectivity index (χ1) is 3.00. The fraction of sp³-hybridized carbons (Fsp3) is 0.857. The van der Waals surface area contributed by atoms with Gasteiger partial charge in [-0.25, -0.2) is 0 Å². The summed E-state index contributed by atoms with van der Waals surface area (Å²) in [5.74, 6) is 0. The zero-order valence-corrected chi connectivity index (χ0v) is 7.00. The average molecular weight is 105 g/mol. The summed E-state index contributed by atoms with van der Waals surface area (Å²) in [6.07, 6.45) is 0. The van der Waals surface area contributed by atoms with Crippen molar-refractivity contribution in [1.29, 1.82) is 0 Å². The van der Waals surface area contributed by atoms with Gasteiger partial charge in [-0.15, -0.1) is 0 Å². The summed E-state index contributed by atoms with van der Waals surface area (Å²) < 4.78 is 0. The van der Waals surface area contributed by atoms with Crippen LogP contribution in [0.3, 0.4) is 0 Å². The van der Waals surface area contributed by atoms with Gasteiger partial charge in [0.2, 0.25) is 0 Å². The Labute approximate surface area is 49.9 Å². The van der Waals surface area contributed by atoms with Crippen LogP contribution in [0.4, 0.5) is 0 Å². The Hall–Kier alpha value is -0.130. The lowest BCUT2D eigenvalue weighted by Crippen LogP contribution is -0.856. The van der Waals surface area contributed by atoms with Crippen LogP contribution < -0.4 is 0 Å². The van der Waals surface area contributed by atoms with Gasteiger partial charge >= 0.3 is 0 Å². The molecule has 0 amide bonds. The minimum atomic E-state index is 0. The van der Waals surface area contributed by atoms with Crippen LogP contribution in [-0.2, 0) is 0 Å². The van der Waals surface area contributed by atoms with Gasteiger partial charge in [-0.3, -0.25) is 0 Å². The minimum absolute atomic E-state index is 0.